The van der Waals surface area contributed by atoms with Crippen LogP contribution in [0.2, 0.25) is 0 Å². The summed E-state index contributed by atoms with van der Waals surface area (Å²) in [5.41, 5.74) is 0.289. The molecule has 1 aliphatic rings. The van der Waals surface area contributed by atoms with Gasteiger partial charge in [-0.15, -0.1) is 0 Å². The monoisotopic (exact) mass is 324 g/mol. The average Bonchev–Trinajstić information content (AvgIpc) is 3.08. The van der Waals surface area contributed by atoms with Crippen LogP contribution in [0.25, 0.3) is 5.82 Å². The molecule has 0 N–H and O–H groups in total. The number of carbonyl (C=O) groups is 1. The molecule has 3 rings (SSSR count). The van der Waals surface area contributed by atoms with E-state index in [1.807, 2.05) is 0 Å². The highest BCUT2D eigenvalue weighted by atomic mass is 19.4. The van der Waals surface area contributed by atoms with Crippen molar-refractivity contribution in [2.45, 2.75) is 19.0 Å². The molecule has 122 valence electrons. The van der Waals surface area contributed by atoms with Gasteiger partial charge in [0.05, 0.1) is 11.5 Å². The number of hydrogen-bond donors (Lipinski definition) is 0. The van der Waals surface area contributed by atoms with Crippen molar-refractivity contribution in [3.05, 3.63) is 42.6 Å². The minimum Gasteiger partial charge on any atom is -0.338 e. The zero-order chi connectivity index (χ0) is 16.4. The molecule has 8 heteroatoms. The molecule has 1 unspecified atom stereocenters. The number of rotatable bonds is 2. The van der Waals surface area contributed by atoms with Gasteiger partial charge in [-0.25, -0.2) is 9.97 Å². The Hall–Kier alpha value is -2.38. The molecule has 0 radical (unpaired) electrons. The standard InChI is InChI=1S/C15H15F3N4O/c16-15(17,18)12-2-1-6-21(9-12)14(23)11-3-4-13(20-8-11)22-7-5-19-10-22/h3-5,7-8,10,12H,1-2,6,9H2. The van der Waals surface area contributed by atoms with Crippen LogP contribution in [0.5, 0.6) is 0 Å². The molecule has 1 saturated heterocycles. The van der Waals surface area contributed by atoms with Crippen LogP contribution in [0.1, 0.15) is 23.2 Å². The van der Waals surface area contributed by atoms with E-state index >= 15 is 0 Å². The van der Waals surface area contributed by atoms with E-state index in [4.69, 9.17) is 0 Å². The second-order valence-corrected chi connectivity index (χ2v) is 5.51. The predicted octanol–water partition coefficient (Wildman–Crippen LogP) is 2.68. The Morgan fingerprint density at radius 2 is 2.13 bits per heavy atom. The molecule has 5 nitrogen and oxygen atoms in total. The summed E-state index contributed by atoms with van der Waals surface area (Å²) >= 11 is 0. The molecule has 1 aliphatic heterocycles. The van der Waals surface area contributed by atoms with Crippen molar-refractivity contribution >= 4 is 5.91 Å². The maximum absolute atomic E-state index is 12.8. The molecule has 0 bridgehead atoms. The molecular weight excluding hydrogens is 309 g/mol. The Morgan fingerprint density at radius 3 is 2.74 bits per heavy atom. The fraction of sp³-hybridized carbons (Fsp3) is 0.400. The Bertz CT molecular complexity index is 667. The van der Waals surface area contributed by atoms with Crippen molar-refractivity contribution in [3.63, 3.8) is 0 Å². The second-order valence-electron chi connectivity index (χ2n) is 5.51. The van der Waals surface area contributed by atoms with Gasteiger partial charge >= 0.3 is 6.18 Å². The van der Waals surface area contributed by atoms with Gasteiger partial charge in [0.2, 0.25) is 0 Å². The number of halogens is 3. The third-order valence-electron chi connectivity index (χ3n) is 3.94. The number of alkyl halides is 3. The van der Waals surface area contributed by atoms with Crippen LogP contribution in [-0.2, 0) is 0 Å². The highest BCUT2D eigenvalue weighted by molar-refractivity contribution is 5.94. The summed E-state index contributed by atoms with van der Waals surface area (Å²) < 4.78 is 40.2. The normalized spacial score (nSPS) is 18.9. The lowest BCUT2D eigenvalue weighted by atomic mass is 9.97. The third kappa shape index (κ3) is 3.35. The number of pyridine rings is 1. The van der Waals surface area contributed by atoms with Gasteiger partial charge < -0.3 is 4.90 Å². The topological polar surface area (TPSA) is 51.0 Å². The Balaban J connectivity index is 1.72. The molecule has 0 saturated carbocycles. The number of likely N-dealkylation sites (tertiary alicyclic amines) is 1. The van der Waals surface area contributed by atoms with Gasteiger partial charge in [-0.3, -0.25) is 9.36 Å². The lowest BCUT2D eigenvalue weighted by molar-refractivity contribution is -0.184. The van der Waals surface area contributed by atoms with Gasteiger partial charge in [-0.2, -0.15) is 13.2 Å². The fourth-order valence-corrected chi connectivity index (χ4v) is 2.67. The molecule has 1 amide bonds. The molecule has 0 spiro atoms. The summed E-state index contributed by atoms with van der Waals surface area (Å²) in [5.74, 6) is -1.27. The maximum Gasteiger partial charge on any atom is 0.393 e. The lowest BCUT2D eigenvalue weighted by Crippen LogP contribution is -2.44. The SMILES string of the molecule is O=C(c1ccc(-n2ccnc2)nc1)N1CCCC(C(F)(F)F)C1. The Kier molecular flexibility index (Phi) is 4.06. The van der Waals surface area contributed by atoms with Crippen LogP contribution >= 0.6 is 0 Å². The zero-order valence-corrected chi connectivity index (χ0v) is 12.2. The number of imidazole rings is 1. The van der Waals surface area contributed by atoms with Crippen LogP contribution in [0.4, 0.5) is 13.2 Å². The van der Waals surface area contributed by atoms with Gasteiger partial charge in [0.25, 0.3) is 5.91 Å². The molecule has 2 aromatic heterocycles. The number of nitrogens with zero attached hydrogens (tertiary/aromatic N) is 4. The zero-order valence-electron chi connectivity index (χ0n) is 12.2. The van der Waals surface area contributed by atoms with Crippen LogP contribution in [0.15, 0.2) is 37.1 Å². The first-order valence-corrected chi connectivity index (χ1v) is 7.25. The summed E-state index contributed by atoms with van der Waals surface area (Å²) in [5, 5.41) is 0. The summed E-state index contributed by atoms with van der Waals surface area (Å²) in [6.07, 6.45) is 2.44. The van der Waals surface area contributed by atoms with Crippen LogP contribution in [-0.4, -0.2) is 44.6 Å². The summed E-state index contributed by atoms with van der Waals surface area (Å²) in [6.45, 7) is 0.0558. The Morgan fingerprint density at radius 1 is 1.30 bits per heavy atom. The van der Waals surface area contributed by atoms with Crippen molar-refractivity contribution in [2.75, 3.05) is 13.1 Å². The van der Waals surface area contributed by atoms with Crippen molar-refractivity contribution < 1.29 is 18.0 Å². The van der Waals surface area contributed by atoms with E-state index in [2.05, 4.69) is 9.97 Å². The smallest absolute Gasteiger partial charge is 0.338 e. The second kappa shape index (κ2) is 6.02. The number of piperidine rings is 1. The van der Waals surface area contributed by atoms with E-state index in [-0.39, 0.29) is 18.5 Å². The molecule has 0 aromatic carbocycles. The first kappa shape index (κ1) is 15.5. The molecular formula is C15H15F3N4O. The quantitative estimate of drug-likeness (QED) is 0.853. The predicted molar refractivity (Wildman–Crippen MR) is 76.0 cm³/mol. The molecule has 1 fully saturated rings. The summed E-state index contributed by atoms with van der Waals surface area (Å²) in [7, 11) is 0. The van der Waals surface area contributed by atoms with Gasteiger partial charge in [0.15, 0.2) is 0 Å². The minimum absolute atomic E-state index is 0.0745. The van der Waals surface area contributed by atoms with Crippen molar-refractivity contribution in [2.24, 2.45) is 5.92 Å². The lowest BCUT2D eigenvalue weighted by Gasteiger charge is -2.33. The van der Waals surface area contributed by atoms with E-state index < -0.39 is 18.0 Å². The fourth-order valence-electron chi connectivity index (χ4n) is 2.67. The van der Waals surface area contributed by atoms with Gasteiger partial charge in [0.1, 0.15) is 12.1 Å². The third-order valence-corrected chi connectivity index (χ3v) is 3.94. The Labute approximate surface area is 130 Å². The summed E-state index contributed by atoms with van der Waals surface area (Å²) in [6, 6.07) is 3.21. The largest absolute Gasteiger partial charge is 0.393 e. The van der Waals surface area contributed by atoms with E-state index in [0.29, 0.717) is 18.8 Å². The molecule has 23 heavy (non-hydrogen) atoms. The van der Waals surface area contributed by atoms with Gasteiger partial charge in [0, 0.05) is 31.7 Å². The molecule has 0 aliphatic carbocycles. The maximum atomic E-state index is 12.8. The highest BCUT2D eigenvalue weighted by Gasteiger charge is 2.42. The molecule has 3 heterocycles. The van der Waals surface area contributed by atoms with Gasteiger partial charge in [-0.05, 0) is 25.0 Å². The number of aromatic nitrogens is 3. The van der Waals surface area contributed by atoms with Crippen molar-refractivity contribution in [3.8, 4) is 5.82 Å². The number of hydrogen-bond acceptors (Lipinski definition) is 3. The van der Waals surface area contributed by atoms with Gasteiger partial charge in [-0.1, -0.05) is 0 Å². The highest BCUT2D eigenvalue weighted by Crippen LogP contribution is 2.33. The minimum atomic E-state index is -4.26. The van der Waals surface area contributed by atoms with Crippen LogP contribution in [0, 0.1) is 5.92 Å². The molecule has 2 aromatic rings. The first-order valence-electron chi connectivity index (χ1n) is 7.25. The van der Waals surface area contributed by atoms with E-state index in [1.54, 1.807) is 35.4 Å². The average molecular weight is 324 g/mol. The van der Waals surface area contributed by atoms with Crippen LogP contribution < -0.4 is 0 Å². The summed E-state index contributed by atoms with van der Waals surface area (Å²) in [4.78, 5) is 21.7. The molecule has 1 atom stereocenters. The number of carbonyl (C=O) groups excluding carboxylic acids is 1. The van der Waals surface area contributed by atoms with E-state index in [1.165, 1.54) is 11.1 Å². The number of amides is 1. The van der Waals surface area contributed by atoms with Crippen LogP contribution in [0.3, 0.4) is 0 Å². The van der Waals surface area contributed by atoms with Crippen molar-refractivity contribution in [1.29, 1.82) is 0 Å². The van der Waals surface area contributed by atoms with E-state index in [9.17, 15) is 18.0 Å². The van der Waals surface area contributed by atoms with E-state index in [0.717, 1.165) is 0 Å². The first-order chi connectivity index (χ1) is 10.9. The van der Waals surface area contributed by atoms with Crippen molar-refractivity contribution in [1.82, 2.24) is 19.4 Å².